The second kappa shape index (κ2) is 6.18. The summed E-state index contributed by atoms with van der Waals surface area (Å²) in [5.41, 5.74) is 1.19. The number of aromatic nitrogens is 2. The molecule has 112 valence electrons. The molecule has 1 atom stereocenters. The highest BCUT2D eigenvalue weighted by atomic mass is 16.6. The van der Waals surface area contributed by atoms with Crippen molar-refractivity contribution in [3.63, 3.8) is 0 Å². The zero-order valence-corrected chi connectivity index (χ0v) is 12.5. The first-order chi connectivity index (χ1) is 10.3. The Labute approximate surface area is 124 Å². The summed E-state index contributed by atoms with van der Waals surface area (Å²) in [4.78, 5) is 4.45. The van der Waals surface area contributed by atoms with Gasteiger partial charge in [0, 0.05) is 31.4 Å². The minimum atomic E-state index is 0.202. The smallest absolute Gasteiger partial charge is 0.161 e. The maximum atomic E-state index is 5.67. The lowest BCUT2D eigenvalue weighted by Crippen LogP contribution is -2.21. The lowest BCUT2D eigenvalue weighted by Gasteiger charge is -2.22. The van der Waals surface area contributed by atoms with Crippen LogP contribution >= 0.6 is 0 Å². The van der Waals surface area contributed by atoms with E-state index in [0.717, 1.165) is 30.3 Å². The molecule has 0 fully saturated rings. The van der Waals surface area contributed by atoms with Crippen molar-refractivity contribution < 1.29 is 9.47 Å². The number of imidazole rings is 1. The van der Waals surface area contributed by atoms with E-state index in [9.17, 15) is 0 Å². The van der Waals surface area contributed by atoms with E-state index in [1.165, 1.54) is 5.56 Å². The molecule has 1 aliphatic rings. The highest BCUT2D eigenvalue weighted by Crippen LogP contribution is 2.33. The van der Waals surface area contributed by atoms with Gasteiger partial charge in [-0.1, -0.05) is 6.07 Å². The number of nitrogens with zero attached hydrogens (tertiary/aromatic N) is 2. The van der Waals surface area contributed by atoms with Gasteiger partial charge in [-0.25, -0.2) is 4.98 Å². The molecule has 1 aliphatic heterocycles. The molecule has 1 aromatic heterocycles. The zero-order valence-electron chi connectivity index (χ0n) is 12.5. The summed E-state index contributed by atoms with van der Waals surface area (Å²) in [6.45, 7) is 4.30. The predicted octanol–water partition coefficient (Wildman–Crippen LogP) is 2.18. The third-order valence-corrected chi connectivity index (χ3v) is 3.85. The number of likely N-dealkylation sites (N-methyl/N-ethyl adjacent to an activating group) is 1. The summed E-state index contributed by atoms with van der Waals surface area (Å²) in [6.07, 6.45) is 4.72. The van der Waals surface area contributed by atoms with Crippen LogP contribution in [0.1, 0.15) is 24.4 Å². The summed E-state index contributed by atoms with van der Waals surface area (Å²) >= 11 is 0. The van der Waals surface area contributed by atoms with E-state index in [4.69, 9.17) is 9.47 Å². The average Bonchev–Trinajstić information content (AvgIpc) is 2.99. The summed E-state index contributed by atoms with van der Waals surface area (Å²) in [7, 11) is 1.97. The van der Waals surface area contributed by atoms with Gasteiger partial charge in [-0.05, 0) is 31.7 Å². The number of rotatable bonds is 5. The molecule has 1 unspecified atom stereocenters. The molecule has 0 spiro atoms. The Balaban J connectivity index is 1.83. The molecular formula is C16H21N3O2. The Hall–Kier alpha value is -2.01. The molecule has 3 rings (SSSR count). The number of hydrogen-bond donors (Lipinski definition) is 1. The number of ether oxygens (including phenoxy) is 2. The van der Waals surface area contributed by atoms with Crippen molar-refractivity contribution >= 4 is 0 Å². The predicted molar refractivity (Wildman–Crippen MR) is 80.8 cm³/mol. The van der Waals surface area contributed by atoms with E-state index < -0.39 is 0 Å². The van der Waals surface area contributed by atoms with E-state index in [2.05, 4.69) is 33.9 Å². The summed E-state index contributed by atoms with van der Waals surface area (Å²) < 4.78 is 13.4. The van der Waals surface area contributed by atoms with Crippen molar-refractivity contribution in [2.75, 3.05) is 20.3 Å². The lowest BCUT2D eigenvalue weighted by atomic mass is 10.0. The highest BCUT2D eigenvalue weighted by Gasteiger charge is 2.17. The van der Waals surface area contributed by atoms with Gasteiger partial charge in [-0.3, -0.25) is 0 Å². The maximum absolute atomic E-state index is 5.67. The highest BCUT2D eigenvalue weighted by molar-refractivity contribution is 5.44. The second-order valence-electron chi connectivity index (χ2n) is 5.08. The van der Waals surface area contributed by atoms with Crippen LogP contribution in [0.3, 0.4) is 0 Å². The fraction of sp³-hybridized carbons (Fsp3) is 0.438. The van der Waals surface area contributed by atoms with Crippen molar-refractivity contribution in [1.82, 2.24) is 14.9 Å². The summed E-state index contributed by atoms with van der Waals surface area (Å²) in [6, 6.07) is 6.34. The van der Waals surface area contributed by atoms with Gasteiger partial charge in [0.15, 0.2) is 11.5 Å². The molecule has 0 aliphatic carbocycles. The lowest BCUT2D eigenvalue weighted by molar-refractivity contribution is 0.171. The first kappa shape index (κ1) is 13.9. The van der Waals surface area contributed by atoms with Gasteiger partial charge in [0.25, 0.3) is 0 Å². The third-order valence-electron chi connectivity index (χ3n) is 3.85. The molecule has 1 aromatic carbocycles. The van der Waals surface area contributed by atoms with Crippen LogP contribution in [-0.4, -0.2) is 29.8 Å². The Morgan fingerprint density at radius 1 is 1.29 bits per heavy atom. The van der Waals surface area contributed by atoms with Crippen molar-refractivity contribution in [2.45, 2.75) is 25.9 Å². The number of nitrogens with one attached hydrogen (secondary N) is 1. The van der Waals surface area contributed by atoms with E-state index in [1.807, 2.05) is 25.5 Å². The standard InChI is InChI=1S/C16H21N3O2/c1-3-19-7-6-18-16(19)11-13(17-2)12-4-5-14-15(10-12)21-9-8-20-14/h4-7,10,13,17H,3,8-9,11H2,1-2H3. The maximum Gasteiger partial charge on any atom is 0.161 e. The van der Waals surface area contributed by atoms with E-state index in [1.54, 1.807) is 0 Å². The molecule has 0 amide bonds. The van der Waals surface area contributed by atoms with E-state index in [0.29, 0.717) is 13.2 Å². The van der Waals surface area contributed by atoms with Gasteiger partial charge >= 0.3 is 0 Å². The topological polar surface area (TPSA) is 48.3 Å². The molecular weight excluding hydrogens is 266 g/mol. The Bertz CT molecular complexity index is 609. The summed E-state index contributed by atoms with van der Waals surface area (Å²) in [5.74, 6) is 2.75. The molecule has 0 saturated carbocycles. The Morgan fingerprint density at radius 2 is 2.10 bits per heavy atom. The van der Waals surface area contributed by atoms with Crippen LogP contribution in [0.25, 0.3) is 0 Å². The fourth-order valence-corrected chi connectivity index (χ4v) is 2.66. The molecule has 0 radical (unpaired) electrons. The first-order valence-electron chi connectivity index (χ1n) is 7.38. The molecule has 5 nitrogen and oxygen atoms in total. The van der Waals surface area contributed by atoms with Crippen molar-refractivity contribution in [3.8, 4) is 11.5 Å². The van der Waals surface area contributed by atoms with E-state index in [-0.39, 0.29) is 6.04 Å². The van der Waals surface area contributed by atoms with Gasteiger partial charge in [0.05, 0.1) is 0 Å². The summed E-state index contributed by atoms with van der Waals surface area (Å²) in [5, 5.41) is 3.37. The van der Waals surface area contributed by atoms with Crippen LogP contribution in [0.4, 0.5) is 0 Å². The van der Waals surface area contributed by atoms with Crippen LogP contribution in [0.5, 0.6) is 11.5 Å². The van der Waals surface area contributed by atoms with Gasteiger partial charge < -0.3 is 19.4 Å². The molecule has 21 heavy (non-hydrogen) atoms. The first-order valence-corrected chi connectivity index (χ1v) is 7.38. The minimum absolute atomic E-state index is 0.202. The molecule has 0 bridgehead atoms. The van der Waals surface area contributed by atoms with Crippen molar-refractivity contribution in [2.24, 2.45) is 0 Å². The quantitative estimate of drug-likeness (QED) is 0.915. The minimum Gasteiger partial charge on any atom is -0.486 e. The van der Waals surface area contributed by atoms with Crippen LogP contribution in [-0.2, 0) is 13.0 Å². The van der Waals surface area contributed by atoms with Gasteiger partial charge in [0.1, 0.15) is 19.0 Å². The van der Waals surface area contributed by atoms with Gasteiger partial charge in [0.2, 0.25) is 0 Å². The van der Waals surface area contributed by atoms with Crippen molar-refractivity contribution in [1.29, 1.82) is 0 Å². The number of hydrogen-bond acceptors (Lipinski definition) is 4. The fourth-order valence-electron chi connectivity index (χ4n) is 2.66. The van der Waals surface area contributed by atoms with Gasteiger partial charge in [-0.2, -0.15) is 0 Å². The van der Waals surface area contributed by atoms with Gasteiger partial charge in [-0.15, -0.1) is 0 Å². The average molecular weight is 287 g/mol. The van der Waals surface area contributed by atoms with Crippen molar-refractivity contribution in [3.05, 3.63) is 42.0 Å². The van der Waals surface area contributed by atoms with Crippen LogP contribution in [0.15, 0.2) is 30.6 Å². The van der Waals surface area contributed by atoms with Crippen LogP contribution in [0, 0.1) is 0 Å². The largest absolute Gasteiger partial charge is 0.486 e. The molecule has 2 aromatic rings. The van der Waals surface area contributed by atoms with E-state index >= 15 is 0 Å². The number of fused-ring (bicyclic) bond motifs is 1. The third kappa shape index (κ3) is 2.88. The zero-order chi connectivity index (χ0) is 14.7. The number of benzene rings is 1. The monoisotopic (exact) mass is 287 g/mol. The van der Waals surface area contributed by atoms with Crippen LogP contribution < -0.4 is 14.8 Å². The SMILES string of the molecule is CCn1ccnc1CC(NC)c1ccc2c(c1)OCCO2. The second-order valence-corrected chi connectivity index (χ2v) is 5.08. The number of aryl methyl sites for hydroxylation is 1. The molecule has 1 N–H and O–H groups in total. The normalized spacial score (nSPS) is 15.0. The molecule has 5 heteroatoms. The Kier molecular flexibility index (Phi) is 4.10. The molecule has 2 heterocycles. The Morgan fingerprint density at radius 3 is 2.86 bits per heavy atom. The van der Waals surface area contributed by atoms with Crippen LogP contribution in [0.2, 0.25) is 0 Å². The molecule has 0 saturated heterocycles.